The molecule has 1 heterocycles. The molecule has 2 aromatic carbocycles. The number of hydrogen-bond donors (Lipinski definition) is 1. The van der Waals surface area contributed by atoms with Gasteiger partial charge in [-0.3, -0.25) is 9.40 Å². The fourth-order valence-corrected chi connectivity index (χ4v) is 4.67. The average Bonchev–Trinajstić information content (AvgIpc) is 3.34. The summed E-state index contributed by atoms with van der Waals surface area (Å²) in [6, 6.07) is 14.7. The molecule has 0 radical (unpaired) electrons. The molecule has 5 nitrogen and oxygen atoms in total. The van der Waals surface area contributed by atoms with Gasteiger partial charge < -0.3 is 0 Å². The van der Waals surface area contributed by atoms with Crippen LogP contribution in [0.25, 0.3) is 11.3 Å². The van der Waals surface area contributed by atoms with E-state index in [1.807, 2.05) is 30.3 Å². The largest absolute Gasteiger partial charge is 0.280 e. The minimum absolute atomic E-state index is 0.130. The number of nitrogens with one attached hydrogen (secondary N) is 1. The molecule has 27 heavy (non-hydrogen) atoms. The summed E-state index contributed by atoms with van der Waals surface area (Å²) in [4.78, 5) is 0.130. The fourth-order valence-electron chi connectivity index (χ4n) is 3.45. The van der Waals surface area contributed by atoms with E-state index < -0.39 is 15.8 Å². The van der Waals surface area contributed by atoms with Crippen molar-refractivity contribution in [2.24, 2.45) is 0 Å². The maximum Gasteiger partial charge on any atom is 0.265 e. The van der Waals surface area contributed by atoms with Gasteiger partial charge in [0.15, 0.2) is 0 Å². The number of rotatable bonds is 5. The van der Waals surface area contributed by atoms with Crippen molar-refractivity contribution in [3.8, 4) is 11.3 Å². The summed E-state index contributed by atoms with van der Waals surface area (Å²) in [6.07, 6.45) is 5.87. The topological polar surface area (TPSA) is 64.0 Å². The van der Waals surface area contributed by atoms with Crippen LogP contribution in [0.4, 0.5) is 10.1 Å². The van der Waals surface area contributed by atoms with Gasteiger partial charge >= 0.3 is 0 Å². The molecular weight excluding hydrogens is 365 g/mol. The molecule has 1 aliphatic rings. The van der Waals surface area contributed by atoms with Crippen molar-refractivity contribution in [3.05, 3.63) is 66.6 Å². The molecule has 3 aromatic rings. The number of aromatic nitrogens is 2. The summed E-state index contributed by atoms with van der Waals surface area (Å²) in [6.45, 7) is 0. The maximum atomic E-state index is 13.1. The predicted molar refractivity (Wildman–Crippen MR) is 102 cm³/mol. The third kappa shape index (κ3) is 3.73. The lowest BCUT2D eigenvalue weighted by atomic mass is 10.2. The maximum absolute atomic E-state index is 13.1. The SMILES string of the molecule is O=S(=O)(Nc1ccc(F)cc1)c1cn(C2CCCC2)nc1-c1ccccc1. The van der Waals surface area contributed by atoms with Crippen molar-refractivity contribution in [3.63, 3.8) is 0 Å². The molecule has 1 N–H and O–H groups in total. The number of anilines is 1. The standard InChI is InChI=1S/C20H20FN3O2S/c21-16-10-12-17(13-11-16)23-27(25,26)19-14-24(18-8-4-5-9-18)22-20(19)15-6-2-1-3-7-15/h1-3,6-7,10-14,18,23H,4-5,8-9H2. The van der Waals surface area contributed by atoms with Gasteiger partial charge in [0.25, 0.3) is 10.0 Å². The van der Waals surface area contributed by atoms with Crippen LogP contribution in [0.15, 0.2) is 65.7 Å². The Labute approximate surface area is 157 Å². The first-order valence-electron chi connectivity index (χ1n) is 8.96. The van der Waals surface area contributed by atoms with E-state index in [-0.39, 0.29) is 10.9 Å². The van der Waals surface area contributed by atoms with E-state index in [1.54, 1.807) is 10.9 Å². The fraction of sp³-hybridized carbons (Fsp3) is 0.250. The quantitative estimate of drug-likeness (QED) is 0.698. The van der Waals surface area contributed by atoms with Gasteiger partial charge in [-0.15, -0.1) is 0 Å². The van der Waals surface area contributed by atoms with Crippen LogP contribution in [0.3, 0.4) is 0 Å². The Balaban J connectivity index is 1.76. The first-order valence-corrected chi connectivity index (χ1v) is 10.4. The highest BCUT2D eigenvalue weighted by molar-refractivity contribution is 7.92. The molecule has 0 unspecified atom stereocenters. The molecule has 0 amide bonds. The van der Waals surface area contributed by atoms with Gasteiger partial charge in [0.05, 0.1) is 6.04 Å². The molecule has 1 fully saturated rings. The normalized spacial score (nSPS) is 15.1. The average molecular weight is 385 g/mol. The first-order chi connectivity index (χ1) is 13.0. The highest BCUT2D eigenvalue weighted by Crippen LogP contribution is 2.33. The van der Waals surface area contributed by atoms with Crippen molar-refractivity contribution in [1.82, 2.24) is 9.78 Å². The summed E-state index contributed by atoms with van der Waals surface area (Å²) in [5, 5.41) is 4.62. The van der Waals surface area contributed by atoms with E-state index in [1.165, 1.54) is 24.3 Å². The highest BCUT2D eigenvalue weighted by Gasteiger charge is 2.27. The molecular formula is C20H20FN3O2S. The summed E-state index contributed by atoms with van der Waals surface area (Å²) < 4.78 is 43.5. The van der Waals surface area contributed by atoms with Crippen LogP contribution in [0.1, 0.15) is 31.7 Å². The lowest BCUT2D eigenvalue weighted by Crippen LogP contribution is -2.13. The Morgan fingerprint density at radius 2 is 1.67 bits per heavy atom. The van der Waals surface area contributed by atoms with Crippen LogP contribution in [-0.4, -0.2) is 18.2 Å². The summed E-state index contributed by atoms with van der Waals surface area (Å²) >= 11 is 0. The van der Waals surface area contributed by atoms with Gasteiger partial charge in [0.1, 0.15) is 16.4 Å². The Morgan fingerprint density at radius 3 is 2.33 bits per heavy atom. The smallest absolute Gasteiger partial charge is 0.265 e. The molecule has 0 aliphatic heterocycles. The predicted octanol–water partition coefficient (Wildman–Crippen LogP) is 4.61. The van der Waals surface area contributed by atoms with Crippen molar-refractivity contribution < 1.29 is 12.8 Å². The molecule has 4 rings (SSSR count). The Hall–Kier alpha value is -2.67. The zero-order chi connectivity index (χ0) is 18.9. The van der Waals surface area contributed by atoms with E-state index >= 15 is 0 Å². The molecule has 0 spiro atoms. The minimum Gasteiger partial charge on any atom is -0.280 e. The van der Waals surface area contributed by atoms with Gasteiger partial charge in [-0.25, -0.2) is 12.8 Å². The number of halogens is 1. The van der Waals surface area contributed by atoms with Crippen molar-refractivity contribution in [2.75, 3.05) is 4.72 Å². The highest BCUT2D eigenvalue weighted by atomic mass is 32.2. The lowest BCUT2D eigenvalue weighted by Gasteiger charge is -2.09. The van der Waals surface area contributed by atoms with Crippen molar-refractivity contribution in [1.29, 1.82) is 0 Å². The number of benzene rings is 2. The summed E-state index contributed by atoms with van der Waals surface area (Å²) in [5.74, 6) is -0.419. The molecule has 0 bridgehead atoms. The van der Waals surface area contributed by atoms with Crippen LogP contribution < -0.4 is 4.72 Å². The van der Waals surface area contributed by atoms with Crippen LogP contribution >= 0.6 is 0 Å². The van der Waals surface area contributed by atoms with Crippen molar-refractivity contribution in [2.45, 2.75) is 36.6 Å². The monoisotopic (exact) mass is 385 g/mol. The molecule has 0 atom stereocenters. The molecule has 7 heteroatoms. The van der Waals surface area contributed by atoms with E-state index in [0.29, 0.717) is 11.4 Å². The Bertz CT molecular complexity index is 1020. The second kappa shape index (κ2) is 7.15. The van der Waals surface area contributed by atoms with Gasteiger partial charge in [-0.05, 0) is 37.1 Å². The van der Waals surface area contributed by atoms with Crippen LogP contribution in [-0.2, 0) is 10.0 Å². The third-order valence-electron chi connectivity index (χ3n) is 4.83. The Kier molecular flexibility index (Phi) is 4.70. The molecule has 0 saturated heterocycles. The lowest BCUT2D eigenvalue weighted by molar-refractivity contribution is 0.467. The minimum atomic E-state index is -3.87. The van der Waals surface area contributed by atoms with Gasteiger partial charge in [-0.1, -0.05) is 43.2 Å². The molecule has 1 saturated carbocycles. The van der Waals surface area contributed by atoms with E-state index in [2.05, 4.69) is 9.82 Å². The van der Waals surface area contributed by atoms with E-state index in [0.717, 1.165) is 31.2 Å². The van der Waals surface area contributed by atoms with Gasteiger partial charge in [-0.2, -0.15) is 5.10 Å². The van der Waals surface area contributed by atoms with Gasteiger partial charge in [0, 0.05) is 17.4 Å². The van der Waals surface area contributed by atoms with E-state index in [9.17, 15) is 12.8 Å². The van der Waals surface area contributed by atoms with Crippen LogP contribution in [0.2, 0.25) is 0 Å². The Morgan fingerprint density at radius 1 is 1.00 bits per heavy atom. The molecule has 1 aromatic heterocycles. The number of hydrogen-bond acceptors (Lipinski definition) is 3. The first kappa shape index (κ1) is 17.7. The summed E-state index contributed by atoms with van der Waals surface area (Å²) in [7, 11) is -3.87. The number of sulfonamides is 1. The zero-order valence-corrected chi connectivity index (χ0v) is 15.5. The number of nitrogens with zero attached hydrogens (tertiary/aromatic N) is 2. The molecule has 140 valence electrons. The molecule has 1 aliphatic carbocycles. The van der Waals surface area contributed by atoms with Crippen LogP contribution in [0, 0.1) is 5.82 Å². The second-order valence-corrected chi connectivity index (χ2v) is 8.39. The van der Waals surface area contributed by atoms with Gasteiger partial charge in [0.2, 0.25) is 0 Å². The second-order valence-electron chi connectivity index (χ2n) is 6.74. The van der Waals surface area contributed by atoms with Crippen LogP contribution in [0.5, 0.6) is 0 Å². The summed E-state index contributed by atoms with van der Waals surface area (Å²) in [5.41, 5.74) is 1.48. The van der Waals surface area contributed by atoms with Crippen molar-refractivity contribution >= 4 is 15.7 Å². The zero-order valence-electron chi connectivity index (χ0n) is 14.7. The van der Waals surface area contributed by atoms with E-state index in [4.69, 9.17) is 0 Å². The third-order valence-corrected chi connectivity index (χ3v) is 6.21.